The molecule has 1 aliphatic rings. The zero-order valence-electron chi connectivity index (χ0n) is 24.3. The van der Waals surface area contributed by atoms with Crippen LogP contribution in [0.15, 0.2) is 76.2 Å². The number of carbonyl (C=O) groups is 2. The third-order valence-electron chi connectivity index (χ3n) is 7.45. The van der Waals surface area contributed by atoms with E-state index in [4.69, 9.17) is 5.73 Å². The minimum atomic E-state index is -0.956. The fourth-order valence-electron chi connectivity index (χ4n) is 5.09. The highest BCUT2D eigenvalue weighted by Gasteiger charge is 2.40. The first-order valence-electron chi connectivity index (χ1n) is 13.9. The number of aryl methyl sites for hydroxylation is 1. The number of thiazole rings is 1. The van der Waals surface area contributed by atoms with Gasteiger partial charge < -0.3 is 21.3 Å². The normalized spacial score (nSPS) is 14.8. The summed E-state index contributed by atoms with van der Waals surface area (Å²) in [4.78, 5) is 40.9. The van der Waals surface area contributed by atoms with E-state index in [1.807, 2.05) is 49.4 Å². The number of hydrogen-bond acceptors (Lipinski definition) is 9. The Balaban J connectivity index is 1.27. The van der Waals surface area contributed by atoms with Crippen LogP contribution in [0.3, 0.4) is 0 Å². The first kappa shape index (κ1) is 30.6. The molecule has 1 saturated heterocycles. The van der Waals surface area contributed by atoms with Crippen LogP contribution in [0.4, 0.5) is 15.3 Å². The van der Waals surface area contributed by atoms with Crippen molar-refractivity contribution in [3.8, 4) is 0 Å². The highest BCUT2D eigenvalue weighted by molar-refractivity contribution is 8.01. The van der Waals surface area contributed by atoms with Crippen LogP contribution in [-0.4, -0.2) is 56.8 Å². The van der Waals surface area contributed by atoms with E-state index in [-0.39, 0.29) is 23.0 Å². The molecular formula is C31H34FN7O2S2. The Morgan fingerprint density at radius 1 is 1.09 bits per heavy atom. The zero-order valence-corrected chi connectivity index (χ0v) is 25.9. The van der Waals surface area contributed by atoms with Gasteiger partial charge in [-0.15, -0.1) is 0 Å². The van der Waals surface area contributed by atoms with Crippen LogP contribution in [0, 0.1) is 12.7 Å². The highest BCUT2D eigenvalue weighted by atomic mass is 32.2. The maximum absolute atomic E-state index is 15.6. The summed E-state index contributed by atoms with van der Waals surface area (Å²) in [5.41, 5.74) is 6.54. The maximum atomic E-state index is 15.6. The molecule has 4 N–H and O–H groups in total. The summed E-state index contributed by atoms with van der Waals surface area (Å²) >= 11 is 2.54. The summed E-state index contributed by atoms with van der Waals surface area (Å²) in [5, 5.41) is 6.73. The molecule has 5 rings (SSSR count). The number of nitrogens with two attached hydrogens (primary N) is 1. The molecule has 12 heteroatoms. The lowest BCUT2D eigenvalue weighted by Gasteiger charge is -2.43. The van der Waals surface area contributed by atoms with Crippen LogP contribution in [-0.2, 0) is 10.2 Å². The molecule has 1 aliphatic heterocycles. The third kappa shape index (κ3) is 7.20. The molecule has 0 aliphatic carbocycles. The van der Waals surface area contributed by atoms with Gasteiger partial charge in [0.15, 0.2) is 16.6 Å². The first-order chi connectivity index (χ1) is 20.5. The van der Waals surface area contributed by atoms with Crippen molar-refractivity contribution in [2.75, 3.05) is 25.0 Å². The smallest absolute Gasteiger partial charge is 0.273 e. The van der Waals surface area contributed by atoms with Crippen molar-refractivity contribution >= 4 is 45.9 Å². The van der Waals surface area contributed by atoms with Gasteiger partial charge in [-0.2, -0.15) is 0 Å². The Morgan fingerprint density at radius 3 is 2.51 bits per heavy atom. The van der Waals surface area contributed by atoms with Gasteiger partial charge in [-0.25, -0.2) is 19.3 Å². The molecule has 1 fully saturated rings. The number of nitrogens with one attached hydrogen (secondary N) is 2. The Bertz CT molecular complexity index is 1600. The minimum Gasteiger partial charge on any atom is -0.350 e. The van der Waals surface area contributed by atoms with Gasteiger partial charge in [-0.3, -0.25) is 9.59 Å². The highest BCUT2D eigenvalue weighted by Crippen LogP contribution is 2.37. The Labute approximate surface area is 258 Å². The fourth-order valence-corrected chi connectivity index (χ4v) is 6.95. The monoisotopic (exact) mass is 619 g/mol. The van der Waals surface area contributed by atoms with Gasteiger partial charge in [0.2, 0.25) is 5.91 Å². The summed E-state index contributed by atoms with van der Waals surface area (Å²) in [6, 6.07) is 15.3. The molecule has 4 aromatic rings. The molecule has 9 nitrogen and oxygen atoms in total. The molecule has 0 spiro atoms. The number of hydrogen-bond donors (Lipinski definition) is 3. The maximum Gasteiger partial charge on any atom is 0.273 e. The molecule has 0 unspecified atom stereocenters. The topological polar surface area (TPSA) is 126 Å². The number of rotatable bonds is 9. The van der Waals surface area contributed by atoms with Crippen LogP contribution >= 0.6 is 23.1 Å². The Kier molecular flexibility index (Phi) is 9.09. The standard InChI is InChI=1S/C31H34FN7O2S2/c1-20-9-13-34-23(17-20)38-29-36-18-24(43-29)42-22-10-14-35-26(25(22)32)27(40)37-19-31(21-7-5-4-6-8-21)11-15-39(16-12-31)28(41)30(2,3)33/h4-10,13-14,17-18H,11-12,15-16,19,33H2,1-3H3,(H,37,40)(H,34,36,38). The molecule has 0 saturated carbocycles. The van der Waals surface area contributed by atoms with E-state index >= 15 is 4.39 Å². The van der Waals surface area contributed by atoms with Gasteiger partial charge in [0.25, 0.3) is 5.91 Å². The number of anilines is 2. The summed E-state index contributed by atoms with van der Waals surface area (Å²) in [6.45, 7) is 6.68. The van der Waals surface area contributed by atoms with Gasteiger partial charge in [0.1, 0.15) is 5.82 Å². The van der Waals surface area contributed by atoms with Gasteiger partial charge in [-0.05, 0) is 62.9 Å². The predicted molar refractivity (Wildman–Crippen MR) is 167 cm³/mol. The van der Waals surface area contributed by atoms with Gasteiger partial charge in [0, 0.05) is 37.4 Å². The second kappa shape index (κ2) is 12.8. The Hall–Kier alpha value is -3.87. The second-order valence-electron chi connectivity index (χ2n) is 11.2. The van der Waals surface area contributed by atoms with Gasteiger partial charge in [0.05, 0.1) is 20.8 Å². The van der Waals surface area contributed by atoms with Crippen LogP contribution in [0.25, 0.3) is 0 Å². The van der Waals surface area contributed by atoms with Crippen molar-refractivity contribution in [1.82, 2.24) is 25.2 Å². The molecule has 0 atom stereocenters. The number of aromatic nitrogens is 3. The van der Waals surface area contributed by atoms with Crippen LogP contribution in [0.5, 0.6) is 0 Å². The number of nitrogens with zero attached hydrogens (tertiary/aromatic N) is 4. The van der Waals surface area contributed by atoms with Crippen LogP contribution < -0.4 is 16.4 Å². The van der Waals surface area contributed by atoms with Crippen LogP contribution in [0.2, 0.25) is 0 Å². The lowest BCUT2D eigenvalue weighted by Crippen LogP contribution is -2.56. The van der Waals surface area contributed by atoms with Gasteiger partial charge in [-0.1, -0.05) is 53.4 Å². The summed E-state index contributed by atoms with van der Waals surface area (Å²) in [5.74, 6) is -0.704. The lowest BCUT2D eigenvalue weighted by molar-refractivity contribution is -0.137. The van der Waals surface area contributed by atoms with E-state index in [1.165, 1.54) is 29.3 Å². The molecule has 2 amide bonds. The van der Waals surface area contributed by atoms with E-state index in [0.29, 0.717) is 36.9 Å². The van der Waals surface area contributed by atoms with Crippen molar-refractivity contribution < 1.29 is 14.0 Å². The quantitative estimate of drug-likeness (QED) is 0.230. The molecule has 0 bridgehead atoms. The second-order valence-corrected chi connectivity index (χ2v) is 13.6. The molecule has 43 heavy (non-hydrogen) atoms. The molecule has 4 heterocycles. The molecular weight excluding hydrogens is 586 g/mol. The van der Waals surface area contributed by atoms with Crippen molar-refractivity contribution in [1.29, 1.82) is 0 Å². The molecule has 1 aromatic carbocycles. The molecule has 224 valence electrons. The SMILES string of the molecule is Cc1ccnc(Nc2ncc(Sc3ccnc(C(=O)NCC4(c5ccccc5)CCN(C(=O)C(C)(C)N)CC4)c3F)s2)c1. The number of likely N-dealkylation sites (tertiary alicyclic amines) is 1. The number of amides is 2. The van der Waals surface area contributed by atoms with Crippen LogP contribution in [0.1, 0.15) is 48.3 Å². The van der Waals surface area contributed by atoms with E-state index in [1.54, 1.807) is 37.2 Å². The third-order valence-corrected chi connectivity index (χ3v) is 9.50. The number of piperidine rings is 1. The number of carbonyl (C=O) groups excluding carboxylic acids is 2. The fraction of sp³-hybridized carbons (Fsp3) is 0.323. The average Bonchev–Trinajstić information content (AvgIpc) is 3.43. The molecule has 3 aromatic heterocycles. The summed E-state index contributed by atoms with van der Waals surface area (Å²) in [6.07, 6.45) is 6.06. The van der Waals surface area contributed by atoms with Crippen molar-refractivity contribution in [3.63, 3.8) is 0 Å². The van der Waals surface area contributed by atoms with Crippen molar-refractivity contribution in [2.24, 2.45) is 5.73 Å². The van der Waals surface area contributed by atoms with E-state index in [2.05, 4.69) is 25.6 Å². The summed E-state index contributed by atoms with van der Waals surface area (Å²) < 4.78 is 16.3. The van der Waals surface area contributed by atoms with E-state index in [0.717, 1.165) is 15.3 Å². The predicted octanol–water partition coefficient (Wildman–Crippen LogP) is 5.30. The minimum absolute atomic E-state index is 0.102. The largest absolute Gasteiger partial charge is 0.350 e. The van der Waals surface area contributed by atoms with Crippen molar-refractivity contribution in [2.45, 2.75) is 53.7 Å². The van der Waals surface area contributed by atoms with Gasteiger partial charge >= 0.3 is 0 Å². The number of benzene rings is 1. The molecule has 0 radical (unpaired) electrons. The number of pyridine rings is 2. The lowest BCUT2D eigenvalue weighted by atomic mass is 9.72. The summed E-state index contributed by atoms with van der Waals surface area (Å²) in [7, 11) is 0. The average molecular weight is 620 g/mol. The zero-order chi connectivity index (χ0) is 30.6. The van der Waals surface area contributed by atoms with E-state index < -0.39 is 22.7 Å². The Morgan fingerprint density at radius 2 is 1.81 bits per heavy atom. The first-order valence-corrected chi connectivity index (χ1v) is 15.6. The van der Waals surface area contributed by atoms with Crippen molar-refractivity contribution in [3.05, 3.63) is 89.8 Å². The number of halogens is 1. The van der Waals surface area contributed by atoms with E-state index in [9.17, 15) is 9.59 Å².